The molecular formula is C51H36N2. The number of hydrogen-bond acceptors (Lipinski definition) is 2. The van der Waals surface area contributed by atoms with Gasteiger partial charge < -0.3 is 0 Å². The zero-order valence-electron chi connectivity index (χ0n) is 29.7. The summed E-state index contributed by atoms with van der Waals surface area (Å²) in [6.07, 6.45) is 0. The monoisotopic (exact) mass is 676 g/mol. The SMILES string of the molecule is CC1(C)c2ccccc2-c2c(-c3ccc(-c4ccc(-c5cc(-c6ccc7ccccc7c6)nc(-c6ccccc6)n5)c5ccccc45)cc3)cccc21. The smallest absolute Gasteiger partial charge is 0.160 e. The summed E-state index contributed by atoms with van der Waals surface area (Å²) in [4.78, 5) is 10.3. The van der Waals surface area contributed by atoms with Crippen molar-refractivity contribution in [1.29, 1.82) is 0 Å². The highest BCUT2D eigenvalue weighted by Crippen LogP contribution is 2.52. The van der Waals surface area contributed by atoms with Crippen molar-refractivity contribution in [2.45, 2.75) is 19.3 Å². The van der Waals surface area contributed by atoms with E-state index in [0.29, 0.717) is 5.82 Å². The van der Waals surface area contributed by atoms with E-state index < -0.39 is 0 Å². The summed E-state index contributed by atoms with van der Waals surface area (Å²) in [7, 11) is 0. The Labute approximate surface area is 310 Å². The Hall–Kier alpha value is -6.64. The first-order chi connectivity index (χ1) is 26.0. The molecule has 2 heteroatoms. The quantitative estimate of drug-likeness (QED) is 0.181. The number of aromatic nitrogens is 2. The third kappa shape index (κ3) is 5.18. The highest BCUT2D eigenvalue weighted by Gasteiger charge is 2.36. The van der Waals surface area contributed by atoms with Gasteiger partial charge in [-0.15, -0.1) is 0 Å². The van der Waals surface area contributed by atoms with Crippen LogP contribution in [0.15, 0.2) is 182 Å². The molecule has 0 N–H and O–H groups in total. The van der Waals surface area contributed by atoms with Gasteiger partial charge in [0.25, 0.3) is 0 Å². The van der Waals surface area contributed by atoms with Crippen molar-refractivity contribution in [1.82, 2.24) is 9.97 Å². The average Bonchev–Trinajstić information content (AvgIpc) is 3.46. The first-order valence-electron chi connectivity index (χ1n) is 18.3. The van der Waals surface area contributed by atoms with Crippen molar-refractivity contribution in [3.05, 3.63) is 193 Å². The fourth-order valence-electron chi connectivity index (χ4n) is 8.40. The normalized spacial score (nSPS) is 12.9. The van der Waals surface area contributed by atoms with Crippen LogP contribution in [0, 0.1) is 0 Å². The molecule has 0 atom stereocenters. The third-order valence-electron chi connectivity index (χ3n) is 11.1. The zero-order chi connectivity index (χ0) is 35.5. The standard InChI is InChI=1S/C51H36N2/c1-51(2)45-21-11-10-19-44(45)49-40(20-12-22-46(49)51)35-26-24-34(25-27-35)39-29-30-43(42-18-9-8-17-41(39)42)48-32-47(52-50(53-48)36-14-4-3-5-15-36)38-28-23-33-13-6-7-16-37(33)31-38/h3-32H,1-2H3. The summed E-state index contributed by atoms with van der Waals surface area (Å²) in [6.45, 7) is 4.68. The van der Waals surface area contributed by atoms with Crippen LogP contribution in [0.2, 0.25) is 0 Å². The maximum atomic E-state index is 5.20. The van der Waals surface area contributed by atoms with Crippen molar-refractivity contribution in [2.24, 2.45) is 0 Å². The topological polar surface area (TPSA) is 25.8 Å². The Morgan fingerprint density at radius 2 is 0.943 bits per heavy atom. The molecule has 0 saturated carbocycles. The van der Waals surface area contributed by atoms with Crippen LogP contribution < -0.4 is 0 Å². The van der Waals surface area contributed by atoms with E-state index in [0.717, 1.165) is 33.5 Å². The van der Waals surface area contributed by atoms with Gasteiger partial charge in [0.05, 0.1) is 11.4 Å². The van der Waals surface area contributed by atoms with E-state index in [1.54, 1.807) is 0 Å². The first kappa shape index (κ1) is 31.1. The first-order valence-corrected chi connectivity index (χ1v) is 18.3. The number of rotatable bonds is 5. The summed E-state index contributed by atoms with van der Waals surface area (Å²) < 4.78 is 0. The molecule has 1 aliphatic carbocycles. The summed E-state index contributed by atoms with van der Waals surface area (Å²) in [5, 5.41) is 4.76. The maximum absolute atomic E-state index is 5.20. The summed E-state index contributed by atoms with van der Waals surface area (Å²) in [5.74, 6) is 0.716. The van der Waals surface area contributed by atoms with Crippen LogP contribution in [-0.4, -0.2) is 9.97 Å². The molecule has 9 aromatic rings. The van der Waals surface area contributed by atoms with Crippen molar-refractivity contribution < 1.29 is 0 Å². The lowest BCUT2D eigenvalue weighted by atomic mass is 9.82. The van der Waals surface area contributed by atoms with Crippen LogP contribution in [0.1, 0.15) is 25.0 Å². The fourth-order valence-corrected chi connectivity index (χ4v) is 8.40. The Kier molecular flexibility index (Phi) is 7.19. The number of benzene rings is 8. The molecular weight excluding hydrogens is 641 g/mol. The van der Waals surface area contributed by atoms with Gasteiger partial charge in [0.1, 0.15) is 0 Å². The van der Waals surface area contributed by atoms with Gasteiger partial charge in [0.15, 0.2) is 5.82 Å². The van der Waals surface area contributed by atoms with E-state index in [9.17, 15) is 0 Å². The third-order valence-corrected chi connectivity index (χ3v) is 11.1. The van der Waals surface area contributed by atoms with E-state index in [2.05, 4.69) is 178 Å². The van der Waals surface area contributed by atoms with Crippen LogP contribution in [0.3, 0.4) is 0 Å². The molecule has 0 spiro atoms. The molecule has 10 rings (SSSR count). The second-order valence-corrected chi connectivity index (χ2v) is 14.6. The molecule has 1 aliphatic rings. The van der Waals surface area contributed by atoms with Gasteiger partial charge >= 0.3 is 0 Å². The Balaban J connectivity index is 1.08. The highest BCUT2D eigenvalue weighted by atomic mass is 14.9. The summed E-state index contributed by atoms with van der Waals surface area (Å²) in [5.41, 5.74) is 15.3. The van der Waals surface area contributed by atoms with E-state index in [1.807, 2.05) is 18.2 Å². The van der Waals surface area contributed by atoms with Gasteiger partial charge in [0.2, 0.25) is 0 Å². The van der Waals surface area contributed by atoms with Crippen molar-refractivity contribution in [3.63, 3.8) is 0 Å². The predicted octanol–water partition coefficient (Wildman–Crippen LogP) is 13.4. The van der Waals surface area contributed by atoms with Gasteiger partial charge in [-0.05, 0) is 78.2 Å². The lowest BCUT2D eigenvalue weighted by Gasteiger charge is -2.21. The van der Waals surface area contributed by atoms with Gasteiger partial charge in [-0.2, -0.15) is 0 Å². The summed E-state index contributed by atoms with van der Waals surface area (Å²) >= 11 is 0. The van der Waals surface area contributed by atoms with Gasteiger partial charge in [0, 0.05) is 22.1 Å². The van der Waals surface area contributed by atoms with Crippen LogP contribution in [0.5, 0.6) is 0 Å². The van der Waals surface area contributed by atoms with Crippen molar-refractivity contribution in [3.8, 4) is 67.3 Å². The fraction of sp³-hybridized carbons (Fsp3) is 0.0588. The van der Waals surface area contributed by atoms with Crippen molar-refractivity contribution in [2.75, 3.05) is 0 Å². The van der Waals surface area contributed by atoms with E-state index in [-0.39, 0.29) is 5.41 Å². The van der Waals surface area contributed by atoms with Crippen LogP contribution >= 0.6 is 0 Å². The molecule has 0 radical (unpaired) electrons. The number of nitrogens with zero attached hydrogens (tertiary/aromatic N) is 2. The van der Waals surface area contributed by atoms with E-state index >= 15 is 0 Å². The second-order valence-electron chi connectivity index (χ2n) is 14.6. The van der Waals surface area contributed by atoms with E-state index in [4.69, 9.17) is 9.97 Å². The molecule has 0 bridgehead atoms. The minimum absolute atomic E-state index is 0.0235. The molecule has 250 valence electrons. The minimum Gasteiger partial charge on any atom is -0.228 e. The Bertz CT molecular complexity index is 2850. The Morgan fingerprint density at radius 1 is 0.358 bits per heavy atom. The zero-order valence-corrected chi connectivity index (χ0v) is 29.7. The van der Waals surface area contributed by atoms with Crippen LogP contribution in [0.25, 0.3) is 88.8 Å². The molecule has 2 nitrogen and oxygen atoms in total. The highest BCUT2D eigenvalue weighted by molar-refractivity contribution is 6.05. The van der Waals surface area contributed by atoms with Crippen molar-refractivity contribution >= 4 is 21.5 Å². The molecule has 0 fully saturated rings. The predicted molar refractivity (Wildman–Crippen MR) is 222 cm³/mol. The molecule has 0 aliphatic heterocycles. The molecule has 53 heavy (non-hydrogen) atoms. The molecule has 0 saturated heterocycles. The molecule has 1 aromatic heterocycles. The molecule has 1 heterocycles. The second kappa shape index (κ2) is 12.3. The van der Waals surface area contributed by atoms with Gasteiger partial charge in [-0.1, -0.05) is 184 Å². The lowest BCUT2D eigenvalue weighted by molar-refractivity contribution is 0.660. The van der Waals surface area contributed by atoms with E-state index in [1.165, 1.54) is 60.7 Å². The lowest BCUT2D eigenvalue weighted by Crippen LogP contribution is -2.14. The number of hydrogen-bond donors (Lipinski definition) is 0. The Morgan fingerprint density at radius 3 is 1.75 bits per heavy atom. The molecule has 0 unspecified atom stereocenters. The number of fused-ring (bicyclic) bond motifs is 5. The average molecular weight is 677 g/mol. The van der Waals surface area contributed by atoms with Crippen LogP contribution in [0.4, 0.5) is 0 Å². The minimum atomic E-state index is -0.0235. The molecule has 0 amide bonds. The summed E-state index contributed by atoms with van der Waals surface area (Å²) in [6, 6.07) is 65.4. The largest absolute Gasteiger partial charge is 0.228 e. The van der Waals surface area contributed by atoms with Gasteiger partial charge in [-0.25, -0.2) is 9.97 Å². The maximum Gasteiger partial charge on any atom is 0.160 e. The molecule has 8 aromatic carbocycles. The van der Waals surface area contributed by atoms with Gasteiger partial charge in [-0.3, -0.25) is 0 Å². The van der Waals surface area contributed by atoms with Crippen LogP contribution in [-0.2, 0) is 5.41 Å².